The van der Waals surface area contributed by atoms with Crippen LogP contribution in [0.1, 0.15) is 12.0 Å². The summed E-state index contributed by atoms with van der Waals surface area (Å²) in [6.07, 6.45) is 5.22. The van der Waals surface area contributed by atoms with Gasteiger partial charge in [-0.2, -0.15) is 8.42 Å². The van der Waals surface area contributed by atoms with E-state index in [2.05, 4.69) is 0 Å². The molecular weight excluding hydrogens is 284 g/mol. The second kappa shape index (κ2) is 5.14. The highest BCUT2D eigenvalue weighted by molar-refractivity contribution is 7.94. The maximum Gasteiger partial charge on any atom is 0.340 e. The van der Waals surface area contributed by atoms with E-state index >= 15 is 0 Å². The molecule has 19 heavy (non-hydrogen) atoms. The van der Waals surface area contributed by atoms with E-state index in [-0.39, 0.29) is 16.4 Å². The van der Waals surface area contributed by atoms with E-state index in [9.17, 15) is 13.5 Å². The zero-order chi connectivity index (χ0) is 14.0. The fourth-order valence-corrected chi connectivity index (χ4v) is 3.21. The number of phenols is 1. The van der Waals surface area contributed by atoms with Crippen molar-refractivity contribution in [3.05, 3.63) is 46.9 Å². The molecule has 0 radical (unpaired) electrons. The van der Waals surface area contributed by atoms with Gasteiger partial charge < -0.3 is 9.29 Å². The molecule has 0 spiro atoms. The zero-order valence-electron chi connectivity index (χ0n) is 10.2. The van der Waals surface area contributed by atoms with Crippen LogP contribution < -0.4 is 4.18 Å². The summed E-state index contributed by atoms with van der Waals surface area (Å²) in [4.78, 5) is 0.311. The molecular formula is C13H12O4S2. The van der Waals surface area contributed by atoms with Crippen molar-refractivity contribution in [1.29, 1.82) is 0 Å². The SMILES string of the molecule is Cc1cc(O)cc(OS(=O)(=O)C2=CC=CCC2=S)c1. The number of aromatic hydroxyl groups is 1. The van der Waals surface area contributed by atoms with Gasteiger partial charge in [-0.3, -0.25) is 0 Å². The highest BCUT2D eigenvalue weighted by Gasteiger charge is 2.24. The molecule has 1 aliphatic rings. The maximum atomic E-state index is 12.1. The summed E-state index contributed by atoms with van der Waals surface area (Å²) in [5.74, 6) is 0.0149. The zero-order valence-corrected chi connectivity index (χ0v) is 11.8. The Kier molecular flexibility index (Phi) is 3.73. The van der Waals surface area contributed by atoms with Crippen molar-refractivity contribution in [2.75, 3.05) is 0 Å². The number of hydrogen-bond donors (Lipinski definition) is 1. The van der Waals surface area contributed by atoms with Crippen molar-refractivity contribution >= 4 is 27.2 Å². The third kappa shape index (κ3) is 3.21. The number of hydrogen-bond acceptors (Lipinski definition) is 5. The molecule has 1 aromatic carbocycles. The van der Waals surface area contributed by atoms with E-state index in [1.165, 1.54) is 24.3 Å². The summed E-state index contributed by atoms with van der Waals surface area (Å²) in [7, 11) is -3.96. The monoisotopic (exact) mass is 296 g/mol. The normalized spacial score (nSPS) is 15.2. The van der Waals surface area contributed by atoms with Crippen LogP contribution in [0.4, 0.5) is 0 Å². The van der Waals surface area contributed by atoms with Crippen molar-refractivity contribution in [2.45, 2.75) is 13.3 Å². The minimum Gasteiger partial charge on any atom is -0.508 e. The quantitative estimate of drug-likeness (QED) is 0.686. The highest BCUT2D eigenvalue weighted by Crippen LogP contribution is 2.26. The van der Waals surface area contributed by atoms with Crippen LogP contribution in [0.5, 0.6) is 11.5 Å². The molecule has 0 heterocycles. The first-order chi connectivity index (χ1) is 8.88. The highest BCUT2D eigenvalue weighted by atomic mass is 32.2. The summed E-state index contributed by atoms with van der Waals surface area (Å²) in [6.45, 7) is 1.73. The Balaban J connectivity index is 2.34. The third-order valence-corrected chi connectivity index (χ3v) is 4.32. The van der Waals surface area contributed by atoms with Gasteiger partial charge in [0.1, 0.15) is 16.4 Å². The molecule has 0 aliphatic heterocycles. The van der Waals surface area contributed by atoms with Crippen LogP contribution in [0.3, 0.4) is 0 Å². The maximum absolute atomic E-state index is 12.1. The second-order valence-electron chi connectivity index (χ2n) is 4.13. The molecule has 0 amide bonds. The van der Waals surface area contributed by atoms with E-state index in [1.54, 1.807) is 19.1 Å². The minimum atomic E-state index is -3.96. The fourth-order valence-electron chi connectivity index (χ4n) is 1.69. The van der Waals surface area contributed by atoms with Gasteiger partial charge in [-0.15, -0.1) is 0 Å². The third-order valence-electron chi connectivity index (χ3n) is 2.47. The molecule has 1 N–H and O–H groups in total. The van der Waals surface area contributed by atoms with E-state index in [0.29, 0.717) is 16.8 Å². The van der Waals surface area contributed by atoms with Gasteiger partial charge in [-0.1, -0.05) is 24.4 Å². The molecule has 4 nitrogen and oxygen atoms in total. The first-order valence-electron chi connectivity index (χ1n) is 5.54. The van der Waals surface area contributed by atoms with Crippen LogP contribution >= 0.6 is 12.2 Å². The van der Waals surface area contributed by atoms with Crippen LogP contribution in [0, 0.1) is 6.92 Å². The molecule has 0 atom stereocenters. The number of thiocarbonyl (C=S) groups is 1. The predicted molar refractivity (Wildman–Crippen MR) is 76.8 cm³/mol. The molecule has 0 bridgehead atoms. The number of benzene rings is 1. The standard InChI is InChI=1S/C13H12O4S2/c1-9-6-10(14)8-11(7-9)17-19(15,16)13-5-3-2-4-12(13)18/h2-3,5-8,14H,4H2,1H3. The molecule has 2 rings (SSSR count). The number of allylic oxidation sites excluding steroid dienone is 4. The van der Waals surface area contributed by atoms with Gasteiger partial charge in [0.15, 0.2) is 0 Å². The van der Waals surface area contributed by atoms with Crippen LogP contribution in [0.2, 0.25) is 0 Å². The minimum absolute atomic E-state index is 0.00834. The van der Waals surface area contributed by atoms with Gasteiger partial charge in [-0.25, -0.2) is 0 Å². The van der Waals surface area contributed by atoms with E-state index < -0.39 is 10.1 Å². The van der Waals surface area contributed by atoms with Crippen LogP contribution in [0.25, 0.3) is 0 Å². The van der Waals surface area contributed by atoms with Crippen molar-refractivity contribution in [2.24, 2.45) is 0 Å². The average Bonchev–Trinajstić information content (AvgIpc) is 2.26. The Labute approximate surface area is 117 Å². The largest absolute Gasteiger partial charge is 0.508 e. The Morgan fingerprint density at radius 1 is 1.32 bits per heavy atom. The number of phenolic OH excluding ortho intramolecular Hbond substituents is 1. The van der Waals surface area contributed by atoms with Gasteiger partial charge in [0.25, 0.3) is 0 Å². The van der Waals surface area contributed by atoms with Crippen molar-refractivity contribution in [1.82, 2.24) is 0 Å². The van der Waals surface area contributed by atoms with Crippen molar-refractivity contribution < 1.29 is 17.7 Å². The Morgan fingerprint density at radius 3 is 2.68 bits per heavy atom. The Morgan fingerprint density at radius 2 is 2.05 bits per heavy atom. The molecule has 1 aromatic rings. The average molecular weight is 296 g/mol. The Bertz CT molecular complexity index is 664. The van der Waals surface area contributed by atoms with Crippen molar-refractivity contribution in [3.63, 3.8) is 0 Å². The fraction of sp³-hybridized carbons (Fsp3) is 0.154. The van der Waals surface area contributed by atoms with E-state index in [1.807, 2.05) is 0 Å². The first kappa shape index (κ1) is 13.8. The molecule has 1 aliphatic carbocycles. The molecule has 0 saturated carbocycles. The lowest BCUT2D eigenvalue weighted by atomic mass is 10.2. The summed E-state index contributed by atoms with van der Waals surface area (Å²) < 4.78 is 29.2. The molecule has 0 unspecified atom stereocenters. The first-order valence-corrected chi connectivity index (χ1v) is 7.35. The van der Waals surface area contributed by atoms with Gasteiger partial charge in [-0.05, 0) is 30.7 Å². The van der Waals surface area contributed by atoms with Crippen LogP contribution in [-0.2, 0) is 10.1 Å². The van der Waals surface area contributed by atoms with Crippen LogP contribution in [-0.4, -0.2) is 18.4 Å². The van der Waals surface area contributed by atoms with Crippen LogP contribution in [0.15, 0.2) is 41.3 Å². The molecule has 0 saturated heterocycles. The van der Waals surface area contributed by atoms with Crippen molar-refractivity contribution in [3.8, 4) is 11.5 Å². The topological polar surface area (TPSA) is 63.6 Å². The van der Waals surface area contributed by atoms with E-state index in [0.717, 1.165) is 0 Å². The van der Waals surface area contributed by atoms with Gasteiger partial charge in [0.2, 0.25) is 0 Å². The Hall–Kier alpha value is -1.66. The smallest absolute Gasteiger partial charge is 0.340 e. The summed E-state index contributed by atoms with van der Waals surface area (Å²) >= 11 is 5.01. The lowest BCUT2D eigenvalue weighted by Crippen LogP contribution is -2.18. The summed E-state index contributed by atoms with van der Waals surface area (Å²) in [5.41, 5.74) is 0.699. The predicted octanol–water partition coefficient (Wildman–Crippen LogP) is 2.62. The second-order valence-corrected chi connectivity index (χ2v) is 6.14. The van der Waals surface area contributed by atoms with Gasteiger partial charge in [0.05, 0.1) is 0 Å². The van der Waals surface area contributed by atoms with Gasteiger partial charge >= 0.3 is 10.1 Å². The molecule has 100 valence electrons. The van der Waals surface area contributed by atoms with E-state index in [4.69, 9.17) is 16.4 Å². The lowest BCUT2D eigenvalue weighted by molar-refractivity contribution is 0.465. The summed E-state index contributed by atoms with van der Waals surface area (Å²) in [5, 5.41) is 9.43. The van der Waals surface area contributed by atoms with Gasteiger partial charge in [0, 0.05) is 17.4 Å². The number of rotatable bonds is 3. The molecule has 0 fully saturated rings. The summed E-state index contributed by atoms with van der Waals surface area (Å²) in [6, 6.07) is 4.28. The molecule has 6 heteroatoms. The number of aryl methyl sites for hydroxylation is 1. The lowest BCUT2D eigenvalue weighted by Gasteiger charge is -2.12. The molecule has 0 aromatic heterocycles.